The maximum atomic E-state index is 11.4. The average Bonchev–Trinajstić information content (AvgIpc) is 2.32. The van der Waals surface area contributed by atoms with E-state index < -0.39 is 5.97 Å². The molecule has 1 aromatic carbocycles. The van der Waals surface area contributed by atoms with Gasteiger partial charge in [-0.05, 0) is 30.2 Å². The molecule has 0 fully saturated rings. The number of carbonyl (C=O) groups excluding carboxylic acids is 1. The molecule has 2 N–H and O–H groups in total. The van der Waals surface area contributed by atoms with E-state index in [9.17, 15) is 9.59 Å². The predicted octanol–water partition coefficient (Wildman–Crippen LogP) is 2.44. The normalized spacial score (nSPS) is 10.5. The van der Waals surface area contributed by atoms with Crippen LogP contribution in [0, 0.1) is 0 Å². The van der Waals surface area contributed by atoms with Gasteiger partial charge in [0, 0.05) is 23.5 Å². The van der Waals surface area contributed by atoms with Crippen molar-refractivity contribution in [2.24, 2.45) is 0 Å². The lowest BCUT2D eigenvalue weighted by molar-refractivity contribution is -0.137. The minimum atomic E-state index is -0.853. The lowest BCUT2D eigenvalue weighted by Gasteiger charge is -2.00. The van der Waals surface area contributed by atoms with E-state index >= 15 is 0 Å². The number of hydrogen-bond donors (Lipinski definition) is 2. The Bertz CT molecular complexity index is 457. The predicted molar refractivity (Wildman–Crippen MR) is 73.1 cm³/mol. The van der Waals surface area contributed by atoms with Crippen molar-refractivity contribution in [3.8, 4) is 0 Å². The number of aliphatic carboxylic acids is 1. The Morgan fingerprint density at radius 3 is 2.83 bits per heavy atom. The Balaban J connectivity index is 2.33. The van der Waals surface area contributed by atoms with E-state index in [-0.39, 0.29) is 12.3 Å². The molecule has 1 amide bonds. The second kappa shape index (κ2) is 7.66. The summed E-state index contributed by atoms with van der Waals surface area (Å²) in [5, 5.41) is 11.0. The van der Waals surface area contributed by atoms with Gasteiger partial charge in [-0.15, -0.1) is 0 Å². The average molecular weight is 312 g/mol. The van der Waals surface area contributed by atoms with Gasteiger partial charge in [-0.1, -0.05) is 28.1 Å². The molecule has 0 saturated carbocycles. The molecule has 18 heavy (non-hydrogen) atoms. The van der Waals surface area contributed by atoms with Gasteiger partial charge in [0.15, 0.2) is 0 Å². The number of amides is 1. The monoisotopic (exact) mass is 311 g/mol. The topological polar surface area (TPSA) is 66.4 Å². The van der Waals surface area contributed by atoms with E-state index in [0.29, 0.717) is 13.0 Å². The largest absolute Gasteiger partial charge is 0.481 e. The zero-order chi connectivity index (χ0) is 13.4. The Labute approximate surface area is 114 Å². The third-order valence-corrected chi connectivity index (χ3v) is 2.64. The third-order valence-electron chi connectivity index (χ3n) is 2.14. The number of halogens is 1. The molecular formula is C13H14BrNO3. The number of carboxylic acids is 1. The second-order valence-electron chi connectivity index (χ2n) is 3.68. The maximum absolute atomic E-state index is 11.4. The van der Waals surface area contributed by atoms with Crippen molar-refractivity contribution in [3.05, 3.63) is 40.4 Å². The summed E-state index contributed by atoms with van der Waals surface area (Å²) < 4.78 is 0.950. The summed E-state index contributed by atoms with van der Waals surface area (Å²) in [4.78, 5) is 21.6. The first kappa shape index (κ1) is 14.4. The van der Waals surface area contributed by atoms with E-state index in [1.807, 2.05) is 24.3 Å². The van der Waals surface area contributed by atoms with Gasteiger partial charge in [-0.25, -0.2) is 0 Å². The maximum Gasteiger partial charge on any atom is 0.303 e. The molecular weight excluding hydrogens is 298 g/mol. The highest BCUT2D eigenvalue weighted by molar-refractivity contribution is 9.10. The standard InChI is InChI=1S/C13H14BrNO3/c14-11-4-1-3-10(9-11)6-7-12(16)15-8-2-5-13(17)18/h1,3-4,6-7,9H,2,5,8H2,(H,15,16)(H,17,18)/b7-6+. The fourth-order valence-electron chi connectivity index (χ4n) is 1.29. The van der Waals surface area contributed by atoms with Crippen molar-refractivity contribution in [2.75, 3.05) is 6.54 Å². The lowest BCUT2D eigenvalue weighted by atomic mass is 10.2. The van der Waals surface area contributed by atoms with Gasteiger partial charge in [0.2, 0.25) is 5.91 Å². The minimum Gasteiger partial charge on any atom is -0.481 e. The number of rotatable bonds is 6. The van der Waals surface area contributed by atoms with Gasteiger partial charge in [-0.3, -0.25) is 9.59 Å². The van der Waals surface area contributed by atoms with Crippen LogP contribution in [-0.4, -0.2) is 23.5 Å². The van der Waals surface area contributed by atoms with Crippen LogP contribution in [0.15, 0.2) is 34.8 Å². The van der Waals surface area contributed by atoms with Gasteiger partial charge >= 0.3 is 5.97 Å². The van der Waals surface area contributed by atoms with Gasteiger partial charge in [0.1, 0.15) is 0 Å². The van der Waals surface area contributed by atoms with Crippen LogP contribution in [0.1, 0.15) is 18.4 Å². The number of hydrogen-bond acceptors (Lipinski definition) is 2. The van der Waals surface area contributed by atoms with Gasteiger partial charge < -0.3 is 10.4 Å². The molecule has 0 unspecified atom stereocenters. The summed E-state index contributed by atoms with van der Waals surface area (Å²) >= 11 is 3.34. The highest BCUT2D eigenvalue weighted by atomic mass is 79.9. The van der Waals surface area contributed by atoms with Crippen molar-refractivity contribution in [1.29, 1.82) is 0 Å². The SMILES string of the molecule is O=C(O)CCCNC(=O)/C=C/c1cccc(Br)c1. The number of nitrogens with one attached hydrogen (secondary N) is 1. The first-order valence-corrected chi connectivity index (χ1v) is 6.30. The second-order valence-corrected chi connectivity index (χ2v) is 4.59. The van der Waals surface area contributed by atoms with E-state index in [1.165, 1.54) is 6.08 Å². The van der Waals surface area contributed by atoms with Crippen molar-refractivity contribution < 1.29 is 14.7 Å². The molecule has 0 atom stereocenters. The van der Waals surface area contributed by atoms with Crippen LogP contribution in [0.5, 0.6) is 0 Å². The molecule has 0 aliphatic carbocycles. The van der Waals surface area contributed by atoms with Crippen LogP contribution in [0.25, 0.3) is 6.08 Å². The van der Waals surface area contributed by atoms with E-state index in [0.717, 1.165) is 10.0 Å². The smallest absolute Gasteiger partial charge is 0.303 e. The van der Waals surface area contributed by atoms with Crippen molar-refractivity contribution >= 4 is 33.9 Å². The zero-order valence-electron chi connectivity index (χ0n) is 9.73. The molecule has 96 valence electrons. The Kier molecular flexibility index (Phi) is 6.14. The van der Waals surface area contributed by atoms with Crippen molar-refractivity contribution in [3.63, 3.8) is 0 Å². The van der Waals surface area contributed by atoms with Gasteiger partial charge in [-0.2, -0.15) is 0 Å². The van der Waals surface area contributed by atoms with Crippen LogP contribution in [0.4, 0.5) is 0 Å². The van der Waals surface area contributed by atoms with E-state index in [2.05, 4.69) is 21.2 Å². The van der Waals surface area contributed by atoms with Crippen LogP contribution in [0.3, 0.4) is 0 Å². The first-order chi connectivity index (χ1) is 8.58. The quantitative estimate of drug-likeness (QED) is 0.626. The number of benzene rings is 1. The summed E-state index contributed by atoms with van der Waals surface area (Å²) in [5.41, 5.74) is 0.921. The summed E-state index contributed by atoms with van der Waals surface area (Å²) in [7, 11) is 0. The summed E-state index contributed by atoms with van der Waals surface area (Å²) in [6.07, 6.45) is 3.64. The lowest BCUT2D eigenvalue weighted by Crippen LogP contribution is -2.22. The highest BCUT2D eigenvalue weighted by Crippen LogP contribution is 2.12. The Morgan fingerprint density at radius 2 is 2.17 bits per heavy atom. The molecule has 0 aromatic heterocycles. The van der Waals surface area contributed by atoms with Gasteiger partial charge in [0.25, 0.3) is 0 Å². The highest BCUT2D eigenvalue weighted by Gasteiger charge is 1.98. The summed E-state index contributed by atoms with van der Waals surface area (Å²) in [6, 6.07) is 7.57. The van der Waals surface area contributed by atoms with Crippen LogP contribution < -0.4 is 5.32 Å². The van der Waals surface area contributed by atoms with E-state index in [4.69, 9.17) is 5.11 Å². The molecule has 0 saturated heterocycles. The fraction of sp³-hybridized carbons (Fsp3) is 0.231. The number of carbonyl (C=O) groups is 2. The molecule has 4 nitrogen and oxygen atoms in total. The van der Waals surface area contributed by atoms with Crippen LogP contribution >= 0.6 is 15.9 Å². The van der Waals surface area contributed by atoms with Crippen molar-refractivity contribution in [1.82, 2.24) is 5.32 Å². The molecule has 0 aliphatic heterocycles. The molecule has 0 spiro atoms. The molecule has 0 radical (unpaired) electrons. The Hall–Kier alpha value is -1.62. The third kappa shape index (κ3) is 6.20. The molecule has 1 rings (SSSR count). The summed E-state index contributed by atoms with van der Waals surface area (Å²) in [6.45, 7) is 0.369. The minimum absolute atomic E-state index is 0.0651. The number of carboxylic acid groups (broad SMARTS) is 1. The van der Waals surface area contributed by atoms with Crippen LogP contribution in [-0.2, 0) is 9.59 Å². The molecule has 0 heterocycles. The molecule has 0 bridgehead atoms. The Morgan fingerprint density at radius 1 is 1.39 bits per heavy atom. The zero-order valence-corrected chi connectivity index (χ0v) is 11.3. The molecule has 0 aliphatic rings. The van der Waals surface area contributed by atoms with Crippen molar-refractivity contribution in [2.45, 2.75) is 12.8 Å². The molecule has 5 heteroatoms. The van der Waals surface area contributed by atoms with Gasteiger partial charge in [0.05, 0.1) is 0 Å². The fourth-order valence-corrected chi connectivity index (χ4v) is 1.71. The summed E-state index contributed by atoms with van der Waals surface area (Å²) in [5.74, 6) is -1.07. The first-order valence-electron chi connectivity index (χ1n) is 5.51. The molecule has 1 aromatic rings. The van der Waals surface area contributed by atoms with Crippen LogP contribution in [0.2, 0.25) is 0 Å². The van der Waals surface area contributed by atoms with E-state index in [1.54, 1.807) is 6.08 Å².